The minimum absolute atomic E-state index is 0.0134. The summed E-state index contributed by atoms with van der Waals surface area (Å²) in [4.78, 5) is 28.5. The molecule has 2 rings (SSSR count). The van der Waals surface area contributed by atoms with E-state index in [0.717, 1.165) is 9.88 Å². The van der Waals surface area contributed by atoms with Crippen LogP contribution in [-0.2, 0) is 9.53 Å². The molecule has 2 amide bonds. The molecular formula is C12H17N3O4S. The maximum absolute atomic E-state index is 11.9. The summed E-state index contributed by atoms with van der Waals surface area (Å²) in [7, 11) is 0. The van der Waals surface area contributed by atoms with Crippen molar-refractivity contribution < 1.29 is 19.4 Å². The van der Waals surface area contributed by atoms with Gasteiger partial charge in [-0.3, -0.25) is 0 Å². The Morgan fingerprint density at radius 2 is 2.35 bits per heavy atom. The van der Waals surface area contributed by atoms with Crippen molar-refractivity contribution in [3.63, 3.8) is 0 Å². The van der Waals surface area contributed by atoms with E-state index in [1.807, 2.05) is 6.92 Å². The van der Waals surface area contributed by atoms with E-state index in [1.54, 1.807) is 13.1 Å². The van der Waals surface area contributed by atoms with Crippen molar-refractivity contribution in [1.29, 1.82) is 0 Å². The van der Waals surface area contributed by atoms with Crippen LogP contribution in [0.1, 0.15) is 29.3 Å². The molecule has 3 N–H and O–H groups in total. The largest absolute Gasteiger partial charge is 0.479 e. The van der Waals surface area contributed by atoms with E-state index in [1.165, 1.54) is 11.3 Å². The molecule has 0 saturated carbocycles. The smallest absolute Gasteiger partial charge is 0.332 e. The van der Waals surface area contributed by atoms with Gasteiger partial charge in [0, 0.05) is 24.1 Å². The van der Waals surface area contributed by atoms with Crippen molar-refractivity contribution >= 4 is 23.3 Å². The second-order valence-corrected chi connectivity index (χ2v) is 6.09. The maximum atomic E-state index is 11.9. The van der Waals surface area contributed by atoms with Crippen molar-refractivity contribution in [1.82, 2.24) is 15.6 Å². The van der Waals surface area contributed by atoms with Crippen LogP contribution in [0, 0.1) is 6.92 Å². The number of carbonyl (C=O) groups excluding carboxylic acids is 1. The van der Waals surface area contributed by atoms with Crippen LogP contribution in [0.25, 0.3) is 0 Å². The summed E-state index contributed by atoms with van der Waals surface area (Å²) in [5.41, 5.74) is -1.33. The number of carbonyl (C=O) groups is 2. The summed E-state index contributed by atoms with van der Waals surface area (Å²) in [6, 6.07) is -0.805. The van der Waals surface area contributed by atoms with Crippen molar-refractivity contribution in [2.45, 2.75) is 31.8 Å². The number of urea groups is 1. The molecule has 0 bridgehead atoms. The third-order valence-corrected chi connectivity index (χ3v) is 4.24. The summed E-state index contributed by atoms with van der Waals surface area (Å²) in [6.07, 6.45) is 2.00. The van der Waals surface area contributed by atoms with Crippen molar-refractivity contribution in [3.05, 3.63) is 16.1 Å². The van der Waals surface area contributed by atoms with Gasteiger partial charge in [0.25, 0.3) is 0 Å². The molecule has 2 heterocycles. The van der Waals surface area contributed by atoms with Crippen LogP contribution < -0.4 is 10.6 Å². The van der Waals surface area contributed by atoms with Crippen molar-refractivity contribution in [2.24, 2.45) is 0 Å². The number of hydrogen-bond acceptors (Lipinski definition) is 5. The van der Waals surface area contributed by atoms with Crippen LogP contribution in [0.5, 0.6) is 0 Å². The predicted molar refractivity (Wildman–Crippen MR) is 72.7 cm³/mol. The molecule has 0 aromatic carbocycles. The molecule has 0 aliphatic carbocycles. The van der Waals surface area contributed by atoms with E-state index in [9.17, 15) is 14.7 Å². The zero-order valence-electron chi connectivity index (χ0n) is 11.3. The average molecular weight is 299 g/mol. The molecule has 1 saturated heterocycles. The van der Waals surface area contributed by atoms with Gasteiger partial charge in [-0.05, 0) is 13.8 Å². The van der Waals surface area contributed by atoms with E-state index < -0.39 is 17.5 Å². The number of thiazole rings is 1. The Morgan fingerprint density at radius 3 is 2.85 bits per heavy atom. The fourth-order valence-electron chi connectivity index (χ4n) is 1.97. The molecule has 0 spiro atoms. The van der Waals surface area contributed by atoms with Gasteiger partial charge < -0.3 is 20.5 Å². The summed E-state index contributed by atoms with van der Waals surface area (Å²) in [5, 5.41) is 15.2. The molecular weight excluding hydrogens is 282 g/mol. The molecule has 1 aromatic rings. The number of ether oxygens (including phenoxy) is 1. The third-order valence-electron chi connectivity index (χ3n) is 3.14. The van der Waals surface area contributed by atoms with E-state index in [0.29, 0.717) is 6.61 Å². The van der Waals surface area contributed by atoms with Gasteiger partial charge in [0.1, 0.15) is 5.01 Å². The number of aromatic nitrogens is 1. The third kappa shape index (κ3) is 3.07. The molecule has 1 aromatic heterocycles. The van der Waals surface area contributed by atoms with E-state index >= 15 is 0 Å². The normalized spacial score (nSPS) is 23.3. The number of aliphatic carboxylic acids is 1. The minimum atomic E-state index is -1.33. The molecule has 2 atom stereocenters. The predicted octanol–water partition coefficient (Wildman–Crippen LogP) is 1.06. The highest BCUT2D eigenvalue weighted by Gasteiger charge is 2.44. The van der Waals surface area contributed by atoms with Gasteiger partial charge in [-0.25, -0.2) is 14.6 Å². The first kappa shape index (κ1) is 14.7. The molecule has 8 heteroatoms. The summed E-state index contributed by atoms with van der Waals surface area (Å²) in [5.74, 6) is -1.08. The highest BCUT2D eigenvalue weighted by Crippen LogP contribution is 2.21. The number of carboxylic acid groups (broad SMARTS) is 1. The highest BCUT2D eigenvalue weighted by atomic mass is 32.1. The number of aryl methyl sites for hydroxylation is 1. The summed E-state index contributed by atoms with van der Waals surface area (Å²) in [6.45, 7) is 4.05. The van der Waals surface area contributed by atoms with E-state index in [4.69, 9.17) is 4.74 Å². The SMILES string of the molecule is Cc1cnc(C(C)NC(=O)NC2(C(=O)O)CCOC2)s1. The molecule has 1 fully saturated rings. The highest BCUT2D eigenvalue weighted by molar-refractivity contribution is 7.11. The van der Waals surface area contributed by atoms with Crippen LogP contribution in [0.15, 0.2) is 6.20 Å². The van der Waals surface area contributed by atoms with E-state index in [-0.39, 0.29) is 19.1 Å². The minimum Gasteiger partial charge on any atom is -0.479 e. The van der Waals surface area contributed by atoms with Gasteiger partial charge >= 0.3 is 12.0 Å². The fraction of sp³-hybridized carbons (Fsp3) is 0.583. The number of amides is 2. The number of hydrogen-bond donors (Lipinski definition) is 3. The quantitative estimate of drug-likeness (QED) is 0.771. The Balaban J connectivity index is 1.96. The molecule has 7 nitrogen and oxygen atoms in total. The first-order valence-electron chi connectivity index (χ1n) is 6.25. The second kappa shape index (κ2) is 5.76. The standard InChI is InChI=1S/C12H17N3O4S/c1-7-5-13-9(20-7)8(2)14-11(18)15-12(10(16)17)3-4-19-6-12/h5,8H,3-4,6H2,1-2H3,(H,16,17)(H2,14,15,18). The molecule has 20 heavy (non-hydrogen) atoms. The lowest BCUT2D eigenvalue weighted by Crippen LogP contribution is -2.57. The Hall–Kier alpha value is -1.67. The molecule has 2 unspecified atom stereocenters. The topological polar surface area (TPSA) is 101 Å². The van der Waals surface area contributed by atoms with Crippen LogP contribution in [0.3, 0.4) is 0 Å². The first-order valence-corrected chi connectivity index (χ1v) is 7.07. The Morgan fingerprint density at radius 1 is 1.60 bits per heavy atom. The number of rotatable bonds is 4. The Labute approximate surface area is 120 Å². The first-order chi connectivity index (χ1) is 9.43. The average Bonchev–Trinajstić information content (AvgIpc) is 2.98. The van der Waals surface area contributed by atoms with Gasteiger partial charge in [0.05, 0.1) is 12.6 Å². The maximum Gasteiger partial charge on any atom is 0.332 e. The summed E-state index contributed by atoms with van der Waals surface area (Å²) < 4.78 is 5.08. The Kier molecular flexibility index (Phi) is 4.24. The lowest BCUT2D eigenvalue weighted by Gasteiger charge is -2.24. The Bertz CT molecular complexity index is 511. The lowest BCUT2D eigenvalue weighted by molar-refractivity contribution is -0.144. The summed E-state index contributed by atoms with van der Waals surface area (Å²) >= 11 is 1.49. The number of nitrogens with one attached hydrogen (secondary N) is 2. The van der Waals surface area contributed by atoms with Gasteiger partial charge in [-0.1, -0.05) is 0 Å². The van der Waals surface area contributed by atoms with Gasteiger partial charge in [-0.15, -0.1) is 11.3 Å². The van der Waals surface area contributed by atoms with Crippen LogP contribution in [-0.4, -0.2) is 40.8 Å². The van der Waals surface area contributed by atoms with Crippen LogP contribution in [0.4, 0.5) is 4.79 Å². The molecule has 1 aliphatic rings. The van der Waals surface area contributed by atoms with Gasteiger partial charge in [-0.2, -0.15) is 0 Å². The van der Waals surface area contributed by atoms with Gasteiger partial charge in [0.15, 0.2) is 5.54 Å². The lowest BCUT2D eigenvalue weighted by atomic mass is 9.99. The monoisotopic (exact) mass is 299 g/mol. The molecule has 0 radical (unpaired) electrons. The van der Waals surface area contributed by atoms with Crippen LogP contribution >= 0.6 is 11.3 Å². The van der Waals surface area contributed by atoms with E-state index in [2.05, 4.69) is 15.6 Å². The van der Waals surface area contributed by atoms with Crippen molar-refractivity contribution in [3.8, 4) is 0 Å². The molecule has 1 aliphatic heterocycles. The number of carboxylic acids is 1. The second-order valence-electron chi connectivity index (χ2n) is 4.82. The van der Waals surface area contributed by atoms with Gasteiger partial charge in [0.2, 0.25) is 0 Å². The fourth-order valence-corrected chi connectivity index (χ4v) is 2.75. The zero-order chi connectivity index (χ0) is 14.8. The molecule has 110 valence electrons. The number of nitrogens with zero attached hydrogens (tertiary/aromatic N) is 1. The van der Waals surface area contributed by atoms with Crippen LogP contribution in [0.2, 0.25) is 0 Å². The van der Waals surface area contributed by atoms with Crippen molar-refractivity contribution in [2.75, 3.05) is 13.2 Å². The zero-order valence-corrected chi connectivity index (χ0v) is 12.1.